The molecule has 8 heteroatoms. The molecule has 1 fully saturated rings. The molecule has 1 aromatic heterocycles. The number of nitrogens with zero attached hydrogens (tertiary/aromatic N) is 3. The van der Waals surface area contributed by atoms with Gasteiger partial charge in [0.2, 0.25) is 5.91 Å². The van der Waals surface area contributed by atoms with Crippen LogP contribution in [0.25, 0.3) is 0 Å². The number of hydrogen-bond donors (Lipinski definition) is 3. The first-order valence-corrected chi connectivity index (χ1v) is 4.84. The van der Waals surface area contributed by atoms with E-state index in [1.165, 1.54) is 0 Å². The molecule has 0 radical (unpaired) electrons. The Labute approximate surface area is 90.2 Å². The highest BCUT2D eigenvalue weighted by atomic mass is 16.4. The number of carbonyl (C=O) groups excluding carboxylic acids is 1. The second kappa shape index (κ2) is 3.87. The Hall–Kier alpha value is -1.99. The molecule has 2 rings (SSSR count). The maximum Gasteiger partial charge on any atom is 0.306 e. The monoisotopic (exact) mass is 225 g/mol. The predicted molar refractivity (Wildman–Crippen MR) is 49.8 cm³/mol. The van der Waals surface area contributed by atoms with Crippen molar-refractivity contribution in [2.45, 2.75) is 12.8 Å². The van der Waals surface area contributed by atoms with Gasteiger partial charge < -0.3 is 10.8 Å². The number of nitrogens with two attached hydrogens (primary N) is 1. The molecule has 1 saturated carbocycles. The normalized spacial score (nSPS) is 28.4. The summed E-state index contributed by atoms with van der Waals surface area (Å²) in [7, 11) is 0. The first-order valence-electron chi connectivity index (χ1n) is 4.84. The number of aliphatic carboxylic acids is 1. The number of H-pyrrole nitrogens is 1. The van der Waals surface area contributed by atoms with Crippen LogP contribution in [0.2, 0.25) is 0 Å². The van der Waals surface area contributed by atoms with Crippen molar-refractivity contribution in [3.05, 3.63) is 5.82 Å². The Balaban J connectivity index is 2.08. The number of hydrogen-bond acceptors (Lipinski definition) is 5. The Morgan fingerprint density at radius 1 is 1.50 bits per heavy atom. The molecule has 0 aromatic carbocycles. The fourth-order valence-corrected chi connectivity index (χ4v) is 2.08. The van der Waals surface area contributed by atoms with E-state index in [1.54, 1.807) is 0 Å². The molecule has 4 N–H and O–H groups in total. The number of carboxylic acids is 1. The zero-order valence-corrected chi connectivity index (χ0v) is 8.33. The molecule has 0 spiro atoms. The average Bonchev–Trinajstić information content (AvgIpc) is 2.63. The Bertz CT molecular complexity index is 384. The lowest BCUT2D eigenvalue weighted by Crippen LogP contribution is -2.48. The SMILES string of the molecule is NC(=O)C1CC(C(=O)O)C1Cc1nn[nH]n1. The zero-order valence-electron chi connectivity index (χ0n) is 8.33. The first kappa shape index (κ1) is 10.5. The van der Waals surface area contributed by atoms with Crippen LogP contribution >= 0.6 is 0 Å². The first-order chi connectivity index (χ1) is 7.59. The molecule has 0 aliphatic heterocycles. The highest BCUT2D eigenvalue weighted by molar-refractivity contribution is 5.82. The van der Waals surface area contributed by atoms with Gasteiger partial charge in [0, 0.05) is 12.3 Å². The average molecular weight is 225 g/mol. The summed E-state index contributed by atoms with van der Waals surface area (Å²) in [5.41, 5.74) is 5.18. The molecule has 16 heavy (non-hydrogen) atoms. The number of nitrogens with one attached hydrogen (secondary N) is 1. The zero-order chi connectivity index (χ0) is 11.7. The number of rotatable bonds is 4. The third kappa shape index (κ3) is 1.73. The topological polar surface area (TPSA) is 135 Å². The Morgan fingerprint density at radius 2 is 2.25 bits per heavy atom. The van der Waals surface area contributed by atoms with Crippen molar-refractivity contribution in [2.24, 2.45) is 23.5 Å². The van der Waals surface area contributed by atoms with E-state index in [4.69, 9.17) is 10.8 Å². The van der Waals surface area contributed by atoms with Crippen LogP contribution in [0.3, 0.4) is 0 Å². The summed E-state index contributed by atoms with van der Waals surface area (Å²) < 4.78 is 0. The largest absolute Gasteiger partial charge is 0.481 e. The predicted octanol–water partition coefficient (Wildman–Crippen LogP) is -1.44. The van der Waals surface area contributed by atoms with Gasteiger partial charge in [0.25, 0.3) is 0 Å². The minimum atomic E-state index is -0.911. The van der Waals surface area contributed by atoms with E-state index in [0.717, 1.165) is 0 Å². The van der Waals surface area contributed by atoms with Gasteiger partial charge in [0.05, 0.1) is 5.92 Å². The van der Waals surface area contributed by atoms with Crippen molar-refractivity contribution in [3.8, 4) is 0 Å². The minimum Gasteiger partial charge on any atom is -0.481 e. The molecule has 1 aliphatic rings. The van der Waals surface area contributed by atoms with E-state index in [0.29, 0.717) is 18.7 Å². The minimum absolute atomic E-state index is 0.299. The van der Waals surface area contributed by atoms with Crippen LogP contribution in [0, 0.1) is 17.8 Å². The summed E-state index contributed by atoms with van der Waals surface area (Å²) >= 11 is 0. The number of aromatic amines is 1. The van der Waals surface area contributed by atoms with E-state index in [-0.39, 0.29) is 5.92 Å². The van der Waals surface area contributed by atoms with Crippen molar-refractivity contribution in [2.75, 3.05) is 0 Å². The van der Waals surface area contributed by atoms with Crippen molar-refractivity contribution >= 4 is 11.9 Å². The van der Waals surface area contributed by atoms with E-state index in [9.17, 15) is 9.59 Å². The molecule has 1 heterocycles. The second-order valence-corrected chi connectivity index (χ2v) is 3.89. The third-order valence-corrected chi connectivity index (χ3v) is 3.03. The van der Waals surface area contributed by atoms with Gasteiger partial charge in [0.1, 0.15) is 0 Å². The van der Waals surface area contributed by atoms with Crippen LogP contribution in [0.15, 0.2) is 0 Å². The number of tetrazole rings is 1. The van der Waals surface area contributed by atoms with Crippen molar-refractivity contribution < 1.29 is 14.7 Å². The van der Waals surface area contributed by atoms with Crippen LogP contribution in [0.4, 0.5) is 0 Å². The Kier molecular flexibility index (Phi) is 2.55. The van der Waals surface area contributed by atoms with E-state index < -0.39 is 23.7 Å². The highest BCUT2D eigenvalue weighted by Crippen LogP contribution is 2.42. The summed E-state index contributed by atoms with van der Waals surface area (Å²) in [4.78, 5) is 21.9. The quantitative estimate of drug-likeness (QED) is 0.574. The van der Waals surface area contributed by atoms with E-state index in [2.05, 4.69) is 20.6 Å². The molecule has 1 aliphatic carbocycles. The van der Waals surface area contributed by atoms with Gasteiger partial charge in [0.15, 0.2) is 5.82 Å². The number of carboxylic acid groups (broad SMARTS) is 1. The van der Waals surface area contributed by atoms with Gasteiger partial charge in [-0.15, -0.1) is 10.2 Å². The smallest absolute Gasteiger partial charge is 0.306 e. The van der Waals surface area contributed by atoms with E-state index in [1.807, 2.05) is 0 Å². The fourth-order valence-electron chi connectivity index (χ4n) is 2.08. The lowest BCUT2D eigenvalue weighted by atomic mass is 9.63. The van der Waals surface area contributed by atoms with Gasteiger partial charge in [-0.1, -0.05) is 5.21 Å². The lowest BCUT2D eigenvalue weighted by molar-refractivity contribution is -0.153. The molecule has 1 amide bonds. The van der Waals surface area contributed by atoms with Crippen molar-refractivity contribution in [1.29, 1.82) is 0 Å². The molecule has 86 valence electrons. The molecule has 3 unspecified atom stereocenters. The summed E-state index contributed by atoms with van der Waals surface area (Å²) in [6.07, 6.45) is 0.605. The van der Waals surface area contributed by atoms with Gasteiger partial charge >= 0.3 is 5.97 Å². The molecular formula is C8H11N5O3. The number of amides is 1. The summed E-state index contributed by atoms with van der Waals surface area (Å²) in [5, 5.41) is 22.0. The lowest BCUT2D eigenvalue weighted by Gasteiger charge is -2.39. The molecular weight excluding hydrogens is 214 g/mol. The van der Waals surface area contributed by atoms with Crippen LogP contribution in [-0.4, -0.2) is 37.6 Å². The second-order valence-electron chi connectivity index (χ2n) is 3.89. The standard InChI is InChI=1S/C8H11N5O3/c9-7(14)4-1-5(8(15)16)3(4)2-6-10-12-13-11-6/h3-5H,1-2H2,(H2,9,14)(H,15,16)(H,10,11,12,13). The van der Waals surface area contributed by atoms with Gasteiger partial charge in [-0.05, 0) is 12.3 Å². The summed E-state index contributed by atoms with van der Waals surface area (Å²) in [6, 6.07) is 0. The van der Waals surface area contributed by atoms with Crippen LogP contribution in [0.5, 0.6) is 0 Å². The van der Waals surface area contributed by atoms with Crippen molar-refractivity contribution in [1.82, 2.24) is 20.6 Å². The van der Waals surface area contributed by atoms with E-state index >= 15 is 0 Å². The number of aromatic nitrogens is 4. The maximum atomic E-state index is 11.1. The van der Waals surface area contributed by atoms with Crippen LogP contribution in [0.1, 0.15) is 12.2 Å². The van der Waals surface area contributed by atoms with Crippen LogP contribution in [-0.2, 0) is 16.0 Å². The summed E-state index contributed by atoms with van der Waals surface area (Å²) in [5.74, 6) is -2.25. The molecule has 8 nitrogen and oxygen atoms in total. The third-order valence-electron chi connectivity index (χ3n) is 3.03. The molecule has 0 saturated heterocycles. The Morgan fingerprint density at radius 3 is 2.75 bits per heavy atom. The van der Waals surface area contributed by atoms with Crippen molar-refractivity contribution in [3.63, 3.8) is 0 Å². The summed E-state index contributed by atoms with van der Waals surface area (Å²) in [6.45, 7) is 0. The highest BCUT2D eigenvalue weighted by Gasteiger charge is 2.48. The van der Waals surface area contributed by atoms with Gasteiger partial charge in [-0.25, -0.2) is 0 Å². The number of primary amides is 1. The maximum absolute atomic E-state index is 11.1. The molecule has 0 bridgehead atoms. The number of carbonyl (C=O) groups is 2. The molecule has 1 aromatic rings. The van der Waals surface area contributed by atoms with Gasteiger partial charge in [-0.2, -0.15) is 5.21 Å². The van der Waals surface area contributed by atoms with Gasteiger partial charge in [-0.3, -0.25) is 9.59 Å². The fraction of sp³-hybridized carbons (Fsp3) is 0.625. The van der Waals surface area contributed by atoms with Crippen LogP contribution < -0.4 is 5.73 Å². The molecule has 3 atom stereocenters.